The lowest BCUT2D eigenvalue weighted by molar-refractivity contribution is 0.0520. The minimum absolute atomic E-state index is 0.321. The van der Waals surface area contributed by atoms with Crippen molar-refractivity contribution in [3.05, 3.63) is 29.6 Å². The molecule has 23 heavy (non-hydrogen) atoms. The monoisotopic (exact) mass is 313 g/mol. The summed E-state index contributed by atoms with van der Waals surface area (Å²) in [4.78, 5) is 16.9. The van der Waals surface area contributed by atoms with Crippen molar-refractivity contribution in [2.45, 2.75) is 38.6 Å². The Morgan fingerprint density at radius 1 is 1.43 bits per heavy atom. The second-order valence-electron chi connectivity index (χ2n) is 5.92. The number of fused-ring (bicyclic) bond motifs is 1. The first-order chi connectivity index (χ1) is 11.3. The average Bonchev–Trinajstić information content (AvgIpc) is 3.35. The van der Waals surface area contributed by atoms with E-state index in [0.29, 0.717) is 36.3 Å². The van der Waals surface area contributed by atoms with Gasteiger partial charge in [0.25, 0.3) is 0 Å². The Morgan fingerprint density at radius 2 is 2.30 bits per heavy atom. The van der Waals surface area contributed by atoms with Gasteiger partial charge < -0.3 is 9.47 Å². The summed E-state index contributed by atoms with van der Waals surface area (Å²) in [6.07, 6.45) is 5.11. The van der Waals surface area contributed by atoms with Crippen LogP contribution in [-0.4, -0.2) is 33.9 Å². The van der Waals surface area contributed by atoms with Gasteiger partial charge in [-0.1, -0.05) is 0 Å². The predicted octanol–water partition coefficient (Wildman–Crippen LogP) is 2.78. The topological polar surface area (TPSA) is 66.2 Å². The molecule has 0 aromatic carbocycles. The zero-order chi connectivity index (χ0) is 15.8. The molecule has 1 aliphatic heterocycles. The number of carbonyl (C=O) groups is 1. The van der Waals surface area contributed by atoms with Crippen molar-refractivity contribution in [2.75, 3.05) is 13.2 Å². The van der Waals surface area contributed by atoms with E-state index in [2.05, 4.69) is 10.1 Å². The first-order valence-electron chi connectivity index (χ1n) is 8.15. The molecule has 3 heterocycles. The Labute approximate surface area is 134 Å². The molecule has 1 aliphatic carbocycles. The van der Waals surface area contributed by atoms with Crippen molar-refractivity contribution in [3.63, 3.8) is 0 Å². The highest BCUT2D eigenvalue weighted by molar-refractivity contribution is 5.98. The number of hydrogen-bond donors (Lipinski definition) is 0. The number of aromatic nitrogens is 3. The molecule has 0 unspecified atom stereocenters. The van der Waals surface area contributed by atoms with Gasteiger partial charge in [-0.2, -0.15) is 5.10 Å². The maximum Gasteiger partial charge on any atom is 0.345 e. The second kappa shape index (κ2) is 5.68. The van der Waals surface area contributed by atoms with Crippen LogP contribution in [0.4, 0.5) is 0 Å². The molecule has 120 valence electrons. The summed E-state index contributed by atoms with van der Waals surface area (Å²) in [7, 11) is 0. The van der Waals surface area contributed by atoms with Crippen molar-refractivity contribution in [2.24, 2.45) is 0 Å². The fourth-order valence-corrected chi connectivity index (χ4v) is 2.88. The van der Waals surface area contributed by atoms with Gasteiger partial charge in [0.2, 0.25) is 5.88 Å². The molecule has 2 aromatic heterocycles. The van der Waals surface area contributed by atoms with E-state index in [0.717, 1.165) is 24.2 Å². The van der Waals surface area contributed by atoms with Crippen LogP contribution in [0.2, 0.25) is 0 Å². The fraction of sp³-hybridized carbons (Fsp3) is 0.471. The molecule has 1 fully saturated rings. The Kier molecular flexibility index (Phi) is 3.52. The van der Waals surface area contributed by atoms with Crippen LogP contribution in [-0.2, 0) is 11.3 Å². The van der Waals surface area contributed by atoms with Gasteiger partial charge in [0.15, 0.2) is 0 Å². The molecule has 2 aliphatic rings. The molecule has 0 spiro atoms. The van der Waals surface area contributed by atoms with Crippen LogP contribution < -0.4 is 4.74 Å². The third-order valence-corrected chi connectivity index (χ3v) is 4.19. The molecule has 0 amide bonds. The first-order valence-corrected chi connectivity index (χ1v) is 8.15. The summed E-state index contributed by atoms with van der Waals surface area (Å²) in [5.41, 5.74) is 2.94. The van der Waals surface area contributed by atoms with E-state index in [-0.39, 0.29) is 0 Å². The van der Waals surface area contributed by atoms with E-state index in [1.807, 2.05) is 12.1 Å². The number of ether oxygens (including phenoxy) is 2. The summed E-state index contributed by atoms with van der Waals surface area (Å²) in [6, 6.07) is 4.01. The molecule has 0 N–H and O–H groups in total. The van der Waals surface area contributed by atoms with Crippen LogP contribution in [0.3, 0.4) is 0 Å². The van der Waals surface area contributed by atoms with Crippen molar-refractivity contribution < 1.29 is 14.3 Å². The van der Waals surface area contributed by atoms with Gasteiger partial charge in [-0.25, -0.2) is 9.48 Å². The Balaban J connectivity index is 1.76. The van der Waals surface area contributed by atoms with Crippen molar-refractivity contribution in [3.8, 4) is 17.1 Å². The highest BCUT2D eigenvalue weighted by atomic mass is 16.5. The van der Waals surface area contributed by atoms with Gasteiger partial charge in [-0.15, -0.1) is 0 Å². The quantitative estimate of drug-likeness (QED) is 0.812. The molecule has 0 saturated heterocycles. The van der Waals surface area contributed by atoms with E-state index in [9.17, 15) is 4.79 Å². The summed E-state index contributed by atoms with van der Waals surface area (Å²) >= 11 is 0. The lowest BCUT2D eigenvalue weighted by Crippen LogP contribution is -2.16. The standard InChI is InChI=1S/C17H19N3O3/c1-2-22-17(21)14-15(19-20-8-3-9-23-16(14)20)12-6-7-13(18-10-12)11-4-5-11/h6-7,10-11H,2-5,8-9H2,1H3. The van der Waals surface area contributed by atoms with E-state index in [1.54, 1.807) is 17.8 Å². The molecule has 6 heteroatoms. The number of hydrogen-bond acceptors (Lipinski definition) is 5. The van der Waals surface area contributed by atoms with Gasteiger partial charge in [-0.3, -0.25) is 4.98 Å². The number of nitrogens with zero attached hydrogens (tertiary/aromatic N) is 3. The zero-order valence-electron chi connectivity index (χ0n) is 13.1. The normalized spacial score (nSPS) is 16.6. The van der Waals surface area contributed by atoms with Crippen molar-refractivity contribution >= 4 is 5.97 Å². The number of aryl methyl sites for hydroxylation is 1. The van der Waals surface area contributed by atoms with Gasteiger partial charge >= 0.3 is 5.97 Å². The van der Waals surface area contributed by atoms with Crippen molar-refractivity contribution in [1.82, 2.24) is 14.8 Å². The van der Waals surface area contributed by atoms with Gasteiger partial charge in [0.05, 0.1) is 13.2 Å². The predicted molar refractivity (Wildman–Crippen MR) is 83.5 cm³/mol. The van der Waals surface area contributed by atoms with Crippen molar-refractivity contribution in [1.29, 1.82) is 0 Å². The highest BCUT2D eigenvalue weighted by Crippen LogP contribution is 2.39. The lowest BCUT2D eigenvalue weighted by atomic mass is 10.1. The third kappa shape index (κ3) is 2.58. The Hall–Kier alpha value is -2.37. The van der Waals surface area contributed by atoms with E-state index >= 15 is 0 Å². The molecule has 0 bridgehead atoms. The lowest BCUT2D eigenvalue weighted by Gasteiger charge is -2.15. The molecular weight excluding hydrogens is 294 g/mol. The van der Waals surface area contributed by atoms with Gasteiger partial charge in [-0.05, 0) is 31.9 Å². The summed E-state index contributed by atoms with van der Waals surface area (Å²) in [6.45, 7) is 3.45. The largest absolute Gasteiger partial charge is 0.477 e. The molecule has 2 aromatic rings. The molecular formula is C17H19N3O3. The smallest absolute Gasteiger partial charge is 0.345 e. The number of rotatable bonds is 4. The second-order valence-corrected chi connectivity index (χ2v) is 5.92. The molecule has 0 atom stereocenters. The minimum atomic E-state index is -0.392. The van der Waals surface area contributed by atoms with E-state index in [4.69, 9.17) is 9.47 Å². The van der Waals surface area contributed by atoms with Crippen LogP contribution in [0.5, 0.6) is 5.88 Å². The highest BCUT2D eigenvalue weighted by Gasteiger charge is 2.30. The van der Waals surface area contributed by atoms with E-state index in [1.165, 1.54) is 12.8 Å². The fourth-order valence-electron chi connectivity index (χ4n) is 2.88. The van der Waals surface area contributed by atoms with Crippen LogP contribution >= 0.6 is 0 Å². The summed E-state index contributed by atoms with van der Waals surface area (Å²) in [5, 5.41) is 4.57. The molecule has 1 saturated carbocycles. The molecule has 6 nitrogen and oxygen atoms in total. The van der Waals surface area contributed by atoms with E-state index < -0.39 is 5.97 Å². The summed E-state index contributed by atoms with van der Waals surface area (Å²) in [5.74, 6) is 0.722. The van der Waals surface area contributed by atoms with Crippen LogP contribution in [0.25, 0.3) is 11.3 Å². The molecule has 0 radical (unpaired) electrons. The SMILES string of the molecule is CCOC(=O)c1c(-c2ccc(C3CC3)nc2)nn2c1OCCC2. The first kappa shape index (κ1) is 14.2. The van der Waals surface area contributed by atoms with Gasteiger partial charge in [0.1, 0.15) is 11.3 Å². The minimum Gasteiger partial charge on any atom is -0.477 e. The number of pyridine rings is 1. The van der Waals surface area contributed by atoms with Crippen LogP contribution in [0.1, 0.15) is 48.2 Å². The summed E-state index contributed by atoms with van der Waals surface area (Å²) < 4.78 is 12.6. The number of esters is 1. The average molecular weight is 313 g/mol. The maximum absolute atomic E-state index is 12.4. The third-order valence-electron chi connectivity index (χ3n) is 4.19. The Bertz CT molecular complexity index is 732. The zero-order valence-corrected chi connectivity index (χ0v) is 13.1. The Morgan fingerprint density at radius 3 is 3.00 bits per heavy atom. The van der Waals surface area contributed by atoms with Crippen LogP contribution in [0.15, 0.2) is 18.3 Å². The van der Waals surface area contributed by atoms with Gasteiger partial charge in [0, 0.05) is 36.3 Å². The number of carbonyl (C=O) groups excluding carboxylic acids is 1. The molecule has 4 rings (SSSR count). The maximum atomic E-state index is 12.4. The van der Waals surface area contributed by atoms with Crippen LogP contribution in [0, 0.1) is 0 Å².